The minimum atomic E-state index is -0.173. The number of methoxy groups -OCH3 is 2. The topological polar surface area (TPSA) is 59.1 Å². The maximum Gasteiger partial charge on any atom is 0.264 e. The summed E-state index contributed by atoms with van der Waals surface area (Å²) in [6, 6.07) is 13.6. The summed E-state index contributed by atoms with van der Waals surface area (Å²) in [5, 5.41) is 1.05. The van der Waals surface area contributed by atoms with Gasteiger partial charge in [0.1, 0.15) is 6.54 Å². The molecule has 1 atom stereocenters. The number of piperazine rings is 1. The van der Waals surface area contributed by atoms with Crippen molar-refractivity contribution in [2.24, 2.45) is 0 Å². The van der Waals surface area contributed by atoms with E-state index in [1.54, 1.807) is 19.1 Å². The van der Waals surface area contributed by atoms with Crippen molar-refractivity contribution in [3.05, 3.63) is 58.5 Å². The van der Waals surface area contributed by atoms with Crippen LogP contribution in [0.25, 0.3) is 10.1 Å². The number of fused-ring (bicyclic) bond motifs is 4. The Balaban J connectivity index is 1.48. The quantitative estimate of drug-likeness (QED) is 0.648. The Morgan fingerprint density at radius 1 is 1.10 bits per heavy atom. The van der Waals surface area contributed by atoms with E-state index < -0.39 is 0 Å². The first-order valence-corrected chi connectivity index (χ1v) is 10.7. The van der Waals surface area contributed by atoms with Gasteiger partial charge >= 0.3 is 0 Å². The average Bonchev–Trinajstić information content (AvgIpc) is 3.21. The Morgan fingerprint density at radius 2 is 1.87 bits per heavy atom. The first-order chi connectivity index (χ1) is 14.6. The lowest BCUT2D eigenvalue weighted by Gasteiger charge is -2.44. The largest absolute Gasteiger partial charge is 0.493 e. The zero-order valence-electron chi connectivity index (χ0n) is 16.9. The molecular weight excluding hydrogens is 400 g/mol. The normalized spacial score (nSPS) is 18.2. The first-order valence-electron chi connectivity index (χ1n) is 9.91. The lowest BCUT2D eigenvalue weighted by atomic mass is 9.90. The van der Waals surface area contributed by atoms with Gasteiger partial charge in [-0.1, -0.05) is 18.2 Å². The van der Waals surface area contributed by atoms with Gasteiger partial charge in [0.25, 0.3) is 5.91 Å². The molecule has 30 heavy (non-hydrogen) atoms. The van der Waals surface area contributed by atoms with Crippen molar-refractivity contribution in [3.63, 3.8) is 0 Å². The molecule has 0 radical (unpaired) electrons. The van der Waals surface area contributed by atoms with Crippen LogP contribution >= 0.6 is 11.3 Å². The molecule has 154 valence electrons. The molecule has 3 heterocycles. The molecule has 7 heteroatoms. The van der Waals surface area contributed by atoms with Crippen LogP contribution in [0.3, 0.4) is 0 Å². The maximum atomic E-state index is 13.2. The molecule has 2 aliphatic heterocycles. The van der Waals surface area contributed by atoms with Crippen molar-refractivity contribution < 1.29 is 19.1 Å². The minimum absolute atomic E-state index is 0.0128. The van der Waals surface area contributed by atoms with Gasteiger partial charge in [0.2, 0.25) is 5.91 Å². The van der Waals surface area contributed by atoms with Crippen molar-refractivity contribution in [2.75, 3.05) is 33.9 Å². The highest BCUT2D eigenvalue weighted by atomic mass is 32.1. The molecule has 2 amide bonds. The number of thiophene rings is 1. The summed E-state index contributed by atoms with van der Waals surface area (Å²) in [6.45, 7) is 1.24. The number of hydrogen-bond acceptors (Lipinski definition) is 5. The van der Waals surface area contributed by atoms with E-state index in [9.17, 15) is 9.59 Å². The van der Waals surface area contributed by atoms with Gasteiger partial charge in [-0.25, -0.2) is 0 Å². The van der Waals surface area contributed by atoms with Crippen LogP contribution in [-0.2, 0) is 11.2 Å². The Hall–Kier alpha value is -3.06. The van der Waals surface area contributed by atoms with Crippen molar-refractivity contribution in [3.8, 4) is 11.5 Å². The van der Waals surface area contributed by atoms with Crippen molar-refractivity contribution >= 4 is 33.2 Å². The fourth-order valence-corrected chi connectivity index (χ4v) is 5.48. The molecule has 2 aliphatic rings. The van der Waals surface area contributed by atoms with Crippen LogP contribution in [-0.4, -0.2) is 55.5 Å². The van der Waals surface area contributed by atoms with Crippen LogP contribution in [0.2, 0.25) is 0 Å². The molecule has 0 bridgehead atoms. The number of amides is 2. The fourth-order valence-electron chi connectivity index (χ4n) is 4.45. The predicted molar refractivity (Wildman–Crippen MR) is 115 cm³/mol. The molecule has 2 aromatic carbocycles. The summed E-state index contributed by atoms with van der Waals surface area (Å²) in [4.78, 5) is 30.4. The van der Waals surface area contributed by atoms with Gasteiger partial charge in [-0.2, -0.15) is 0 Å². The summed E-state index contributed by atoms with van der Waals surface area (Å²) in [7, 11) is 3.23. The molecule has 1 saturated heterocycles. The standard InChI is InChI=1S/C23H22N2O4S/c1-28-18-9-14-7-8-25-17(16(14)11-19(18)29-2)12-24(13-22(25)26)23(27)21-10-15-5-3-4-6-20(15)30-21/h3-6,9-11,17H,7-8,12-13H2,1-2H3. The van der Waals surface area contributed by atoms with Gasteiger partial charge in [0, 0.05) is 17.8 Å². The van der Waals surface area contributed by atoms with E-state index in [1.807, 2.05) is 47.4 Å². The molecule has 1 aromatic heterocycles. The van der Waals surface area contributed by atoms with E-state index in [0.717, 1.165) is 27.6 Å². The highest BCUT2D eigenvalue weighted by molar-refractivity contribution is 7.20. The van der Waals surface area contributed by atoms with E-state index in [-0.39, 0.29) is 24.4 Å². The second-order valence-electron chi connectivity index (χ2n) is 7.59. The molecule has 5 rings (SSSR count). The van der Waals surface area contributed by atoms with Crippen molar-refractivity contribution in [2.45, 2.75) is 12.5 Å². The predicted octanol–water partition coefficient (Wildman–Crippen LogP) is 3.50. The molecule has 0 aliphatic carbocycles. The number of hydrogen-bond donors (Lipinski definition) is 0. The molecule has 1 fully saturated rings. The van der Waals surface area contributed by atoms with E-state index in [2.05, 4.69) is 0 Å². The van der Waals surface area contributed by atoms with E-state index in [1.165, 1.54) is 11.3 Å². The van der Waals surface area contributed by atoms with Crippen LogP contribution < -0.4 is 9.47 Å². The lowest BCUT2D eigenvalue weighted by Crippen LogP contribution is -2.55. The lowest BCUT2D eigenvalue weighted by molar-refractivity contribution is -0.139. The zero-order chi connectivity index (χ0) is 20.8. The third-order valence-electron chi connectivity index (χ3n) is 5.97. The second kappa shape index (κ2) is 7.32. The van der Waals surface area contributed by atoms with Gasteiger partial charge in [-0.15, -0.1) is 11.3 Å². The Bertz CT molecular complexity index is 1120. The van der Waals surface area contributed by atoms with Crippen molar-refractivity contribution in [1.82, 2.24) is 9.80 Å². The van der Waals surface area contributed by atoms with Crippen LogP contribution in [0.4, 0.5) is 0 Å². The Morgan fingerprint density at radius 3 is 2.63 bits per heavy atom. The smallest absolute Gasteiger partial charge is 0.264 e. The third-order valence-corrected chi connectivity index (χ3v) is 7.07. The maximum absolute atomic E-state index is 13.2. The molecule has 6 nitrogen and oxygen atoms in total. The van der Waals surface area contributed by atoms with Crippen molar-refractivity contribution in [1.29, 1.82) is 0 Å². The molecule has 0 saturated carbocycles. The first kappa shape index (κ1) is 18.9. The number of benzene rings is 2. The molecule has 1 unspecified atom stereocenters. The molecular formula is C23H22N2O4S. The molecule has 3 aromatic rings. The van der Waals surface area contributed by atoms with E-state index in [0.29, 0.717) is 29.5 Å². The average molecular weight is 423 g/mol. The number of carbonyl (C=O) groups is 2. The highest BCUT2D eigenvalue weighted by Crippen LogP contribution is 2.40. The van der Waals surface area contributed by atoms with Crippen LogP contribution in [0.15, 0.2) is 42.5 Å². The molecule has 0 spiro atoms. The monoisotopic (exact) mass is 422 g/mol. The van der Waals surface area contributed by atoms with Crippen LogP contribution in [0.1, 0.15) is 26.8 Å². The molecule has 0 N–H and O–H groups in total. The number of ether oxygens (including phenoxy) is 2. The second-order valence-corrected chi connectivity index (χ2v) is 8.68. The van der Waals surface area contributed by atoms with Gasteiger partial charge in [-0.3, -0.25) is 9.59 Å². The minimum Gasteiger partial charge on any atom is -0.493 e. The van der Waals surface area contributed by atoms with E-state index >= 15 is 0 Å². The third kappa shape index (κ3) is 3.01. The van der Waals surface area contributed by atoms with Crippen LogP contribution in [0.5, 0.6) is 11.5 Å². The summed E-state index contributed by atoms with van der Waals surface area (Å²) in [5.41, 5.74) is 2.17. The number of carbonyl (C=O) groups excluding carboxylic acids is 2. The number of rotatable bonds is 3. The van der Waals surface area contributed by atoms with Crippen LogP contribution in [0, 0.1) is 0 Å². The Kier molecular flexibility index (Phi) is 4.62. The SMILES string of the molecule is COc1cc2c(cc1OC)C1CN(C(=O)c3cc4ccccc4s3)CC(=O)N1CC2. The Labute approximate surface area is 178 Å². The van der Waals surface area contributed by atoms with Gasteiger partial charge in [0.05, 0.1) is 25.1 Å². The summed E-state index contributed by atoms with van der Waals surface area (Å²) in [5.74, 6) is 1.22. The summed E-state index contributed by atoms with van der Waals surface area (Å²) in [6.07, 6.45) is 0.766. The van der Waals surface area contributed by atoms with Gasteiger partial charge < -0.3 is 19.3 Å². The van der Waals surface area contributed by atoms with E-state index in [4.69, 9.17) is 9.47 Å². The van der Waals surface area contributed by atoms with Gasteiger partial charge in [-0.05, 0) is 47.2 Å². The van der Waals surface area contributed by atoms with Gasteiger partial charge in [0.15, 0.2) is 11.5 Å². The number of nitrogens with zero attached hydrogens (tertiary/aromatic N) is 2. The summed E-state index contributed by atoms with van der Waals surface area (Å²) < 4.78 is 12.0. The fraction of sp³-hybridized carbons (Fsp3) is 0.304. The summed E-state index contributed by atoms with van der Waals surface area (Å²) >= 11 is 1.47. The zero-order valence-corrected chi connectivity index (χ0v) is 17.7. The highest BCUT2D eigenvalue weighted by Gasteiger charge is 2.39.